The number of nitrogens with one attached hydrogen (secondary N) is 1. The minimum atomic E-state index is -0.293. The molecule has 4 rings (SSSR count). The SMILES string of the molecule is N#C/C(=C\c1ccc(OCc2cscn2)cc1)c1nc2ccc(Br)cc2c(=O)[nH]1. The number of nitrogens with zero attached hydrogens (tertiary/aromatic N) is 3. The Morgan fingerprint density at radius 3 is 2.83 bits per heavy atom. The van der Waals surface area contributed by atoms with Gasteiger partial charge in [-0.1, -0.05) is 28.1 Å². The molecule has 0 fully saturated rings. The second-order valence-electron chi connectivity index (χ2n) is 6.08. The maximum absolute atomic E-state index is 12.4. The first kappa shape index (κ1) is 19.1. The molecule has 2 heterocycles. The van der Waals surface area contributed by atoms with E-state index in [1.807, 2.05) is 29.6 Å². The maximum Gasteiger partial charge on any atom is 0.259 e. The maximum atomic E-state index is 12.4. The summed E-state index contributed by atoms with van der Waals surface area (Å²) in [6.45, 7) is 0.403. The molecule has 0 saturated carbocycles. The van der Waals surface area contributed by atoms with Gasteiger partial charge in [0.1, 0.15) is 18.4 Å². The third kappa shape index (κ3) is 4.42. The quantitative estimate of drug-likeness (QED) is 0.428. The molecule has 0 atom stereocenters. The molecule has 0 spiro atoms. The van der Waals surface area contributed by atoms with Gasteiger partial charge in [-0.3, -0.25) is 4.79 Å². The number of rotatable bonds is 5. The molecule has 2 aromatic carbocycles. The third-order valence-corrected chi connectivity index (χ3v) is 5.23. The van der Waals surface area contributed by atoms with E-state index in [0.717, 1.165) is 15.7 Å². The first-order valence-electron chi connectivity index (χ1n) is 8.54. The Bertz CT molecular complexity index is 1290. The fourth-order valence-electron chi connectivity index (χ4n) is 2.69. The average Bonchev–Trinajstić information content (AvgIpc) is 3.25. The van der Waals surface area contributed by atoms with Crippen molar-refractivity contribution in [1.29, 1.82) is 5.26 Å². The van der Waals surface area contributed by atoms with Gasteiger partial charge in [0.05, 0.1) is 27.7 Å². The van der Waals surface area contributed by atoms with E-state index in [4.69, 9.17) is 4.74 Å². The molecule has 2 aromatic heterocycles. The molecule has 0 aliphatic rings. The molecule has 142 valence electrons. The van der Waals surface area contributed by atoms with Crippen LogP contribution in [0.4, 0.5) is 0 Å². The zero-order chi connectivity index (χ0) is 20.2. The first-order valence-corrected chi connectivity index (χ1v) is 10.3. The number of thiazole rings is 1. The second-order valence-corrected chi connectivity index (χ2v) is 7.72. The van der Waals surface area contributed by atoms with E-state index < -0.39 is 0 Å². The summed E-state index contributed by atoms with van der Waals surface area (Å²) in [5, 5.41) is 12.0. The van der Waals surface area contributed by atoms with Crippen molar-refractivity contribution in [3.8, 4) is 11.8 Å². The lowest BCUT2D eigenvalue weighted by Gasteiger charge is -2.05. The Hall–Kier alpha value is -3.28. The lowest BCUT2D eigenvalue weighted by Crippen LogP contribution is -2.11. The molecule has 0 radical (unpaired) electrons. The molecule has 29 heavy (non-hydrogen) atoms. The van der Waals surface area contributed by atoms with Gasteiger partial charge in [0.2, 0.25) is 0 Å². The summed E-state index contributed by atoms with van der Waals surface area (Å²) in [6, 6.07) is 14.7. The normalized spacial score (nSPS) is 11.4. The van der Waals surface area contributed by atoms with Crippen LogP contribution >= 0.6 is 27.3 Å². The van der Waals surface area contributed by atoms with Crippen molar-refractivity contribution in [3.05, 3.63) is 85.3 Å². The number of halogens is 1. The summed E-state index contributed by atoms with van der Waals surface area (Å²) in [7, 11) is 0. The molecule has 1 N–H and O–H groups in total. The number of allylic oxidation sites excluding steroid dienone is 1. The fourth-order valence-corrected chi connectivity index (χ4v) is 3.59. The number of benzene rings is 2. The van der Waals surface area contributed by atoms with E-state index in [0.29, 0.717) is 23.3 Å². The zero-order valence-corrected chi connectivity index (χ0v) is 17.3. The molecule has 0 unspecified atom stereocenters. The predicted molar refractivity (Wildman–Crippen MR) is 116 cm³/mol. The molecular weight excluding hydrogens is 452 g/mol. The summed E-state index contributed by atoms with van der Waals surface area (Å²) in [5.74, 6) is 0.938. The van der Waals surface area contributed by atoms with Crippen molar-refractivity contribution >= 4 is 49.8 Å². The number of H-pyrrole nitrogens is 1. The van der Waals surface area contributed by atoms with Gasteiger partial charge >= 0.3 is 0 Å². The molecule has 8 heteroatoms. The number of nitriles is 1. The van der Waals surface area contributed by atoms with Gasteiger partial charge in [-0.25, -0.2) is 9.97 Å². The van der Waals surface area contributed by atoms with Crippen LogP contribution in [0.1, 0.15) is 17.1 Å². The molecule has 0 saturated heterocycles. The Morgan fingerprint density at radius 1 is 1.28 bits per heavy atom. The van der Waals surface area contributed by atoms with Crippen LogP contribution in [-0.2, 0) is 6.61 Å². The van der Waals surface area contributed by atoms with E-state index in [-0.39, 0.29) is 17.0 Å². The Kier molecular flexibility index (Phi) is 5.51. The number of hydrogen-bond donors (Lipinski definition) is 1. The highest BCUT2D eigenvalue weighted by Crippen LogP contribution is 2.20. The van der Waals surface area contributed by atoms with Gasteiger partial charge in [0.15, 0.2) is 5.82 Å². The van der Waals surface area contributed by atoms with Gasteiger partial charge in [-0.05, 0) is 42.0 Å². The number of hydrogen-bond acceptors (Lipinski definition) is 6. The van der Waals surface area contributed by atoms with Crippen LogP contribution in [0.2, 0.25) is 0 Å². The third-order valence-electron chi connectivity index (χ3n) is 4.10. The van der Waals surface area contributed by atoms with Gasteiger partial charge in [-0.2, -0.15) is 5.26 Å². The van der Waals surface area contributed by atoms with E-state index in [1.165, 1.54) is 11.3 Å². The number of aromatic amines is 1. The second kappa shape index (κ2) is 8.39. The average molecular weight is 465 g/mol. The van der Waals surface area contributed by atoms with Crippen LogP contribution in [0.25, 0.3) is 22.6 Å². The lowest BCUT2D eigenvalue weighted by atomic mass is 10.1. The Morgan fingerprint density at radius 2 is 2.10 bits per heavy atom. The number of aromatic nitrogens is 3. The highest BCUT2D eigenvalue weighted by molar-refractivity contribution is 9.10. The van der Waals surface area contributed by atoms with Crippen molar-refractivity contribution in [2.24, 2.45) is 0 Å². The van der Waals surface area contributed by atoms with Gasteiger partial charge in [0.25, 0.3) is 5.56 Å². The van der Waals surface area contributed by atoms with Gasteiger partial charge in [0, 0.05) is 9.85 Å². The van der Waals surface area contributed by atoms with E-state index in [1.54, 1.807) is 29.8 Å². The van der Waals surface area contributed by atoms with Gasteiger partial charge < -0.3 is 9.72 Å². The molecule has 6 nitrogen and oxygen atoms in total. The van der Waals surface area contributed by atoms with Crippen molar-refractivity contribution in [2.45, 2.75) is 6.61 Å². The Labute approximate surface area is 178 Å². The van der Waals surface area contributed by atoms with Crippen LogP contribution in [0.15, 0.2) is 62.6 Å². The summed E-state index contributed by atoms with van der Waals surface area (Å²) in [6.07, 6.45) is 1.67. The number of ether oxygens (including phenoxy) is 1. The molecule has 0 aliphatic heterocycles. The largest absolute Gasteiger partial charge is 0.487 e. The monoisotopic (exact) mass is 464 g/mol. The van der Waals surface area contributed by atoms with Gasteiger partial charge in [-0.15, -0.1) is 11.3 Å². The topological polar surface area (TPSA) is 91.7 Å². The van der Waals surface area contributed by atoms with Crippen LogP contribution in [0, 0.1) is 11.3 Å². The zero-order valence-electron chi connectivity index (χ0n) is 14.9. The smallest absolute Gasteiger partial charge is 0.259 e. The fraction of sp³-hybridized carbons (Fsp3) is 0.0476. The molecule has 0 amide bonds. The minimum Gasteiger partial charge on any atom is -0.487 e. The minimum absolute atomic E-state index is 0.233. The summed E-state index contributed by atoms with van der Waals surface area (Å²) < 4.78 is 6.48. The molecule has 0 bridgehead atoms. The van der Waals surface area contributed by atoms with E-state index in [2.05, 4.69) is 37.0 Å². The summed E-state index contributed by atoms with van der Waals surface area (Å²) in [5.41, 5.74) is 3.94. The highest BCUT2D eigenvalue weighted by Gasteiger charge is 2.09. The molecule has 4 aromatic rings. The van der Waals surface area contributed by atoms with Crippen molar-refractivity contribution in [2.75, 3.05) is 0 Å². The van der Waals surface area contributed by atoms with Crippen molar-refractivity contribution in [1.82, 2.24) is 15.0 Å². The van der Waals surface area contributed by atoms with Crippen molar-refractivity contribution < 1.29 is 4.74 Å². The Balaban J connectivity index is 1.59. The molecule has 0 aliphatic carbocycles. The van der Waals surface area contributed by atoms with Crippen LogP contribution < -0.4 is 10.3 Å². The highest BCUT2D eigenvalue weighted by atomic mass is 79.9. The summed E-state index contributed by atoms with van der Waals surface area (Å²) >= 11 is 4.87. The van der Waals surface area contributed by atoms with Crippen LogP contribution in [0.3, 0.4) is 0 Å². The first-order chi connectivity index (χ1) is 14.1. The van der Waals surface area contributed by atoms with E-state index in [9.17, 15) is 10.1 Å². The van der Waals surface area contributed by atoms with Crippen molar-refractivity contribution in [3.63, 3.8) is 0 Å². The number of fused-ring (bicyclic) bond motifs is 1. The predicted octanol–water partition coefficient (Wildman–Crippen LogP) is 4.79. The van der Waals surface area contributed by atoms with Crippen LogP contribution in [-0.4, -0.2) is 15.0 Å². The lowest BCUT2D eigenvalue weighted by molar-refractivity contribution is 0.302. The standard InChI is InChI=1S/C21H13BrN4O2S/c22-15-3-6-19-18(8-15)21(27)26-20(25-19)14(9-23)7-13-1-4-17(5-2-13)28-10-16-11-29-12-24-16/h1-8,11-12H,10H2,(H,25,26,27)/b14-7+. The van der Waals surface area contributed by atoms with Crippen LogP contribution in [0.5, 0.6) is 5.75 Å². The molecular formula is C21H13BrN4O2S. The summed E-state index contributed by atoms with van der Waals surface area (Å²) in [4.78, 5) is 23.6. The van der Waals surface area contributed by atoms with E-state index >= 15 is 0 Å².